The molecular weight excluding hydrogens is 395 g/mol. The molecule has 1 N–H and O–H groups in total. The van der Waals surface area contributed by atoms with Crippen LogP contribution in [-0.2, 0) is 16.1 Å². The van der Waals surface area contributed by atoms with Gasteiger partial charge in [-0.2, -0.15) is 0 Å². The first-order valence-corrected chi connectivity index (χ1v) is 9.91. The minimum atomic E-state index is -0.726. The van der Waals surface area contributed by atoms with Gasteiger partial charge in [0, 0.05) is 12.6 Å². The fourth-order valence-corrected chi connectivity index (χ4v) is 2.81. The smallest absolute Gasteiger partial charge is 0.261 e. The molecule has 2 amide bonds. The van der Waals surface area contributed by atoms with Crippen molar-refractivity contribution in [2.45, 2.75) is 45.8 Å². The van der Waals surface area contributed by atoms with Gasteiger partial charge >= 0.3 is 0 Å². The van der Waals surface area contributed by atoms with E-state index in [0.29, 0.717) is 16.3 Å². The maximum absolute atomic E-state index is 13.2. The number of hydrogen-bond donors (Lipinski definition) is 1. The van der Waals surface area contributed by atoms with Gasteiger partial charge in [0.05, 0.1) is 5.02 Å². The van der Waals surface area contributed by atoms with Gasteiger partial charge in [0.25, 0.3) is 5.91 Å². The van der Waals surface area contributed by atoms with E-state index in [0.717, 1.165) is 6.42 Å². The number of carbonyl (C=O) groups is 2. The van der Waals surface area contributed by atoms with Crippen LogP contribution in [0.3, 0.4) is 0 Å². The molecule has 2 atom stereocenters. The average Bonchev–Trinajstić information content (AvgIpc) is 2.71. The Hall–Kier alpha value is -2.60. The molecule has 0 aliphatic carbocycles. The zero-order valence-electron chi connectivity index (χ0n) is 16.8. The van der Waals surface area contributed by atoms with E-state index in [1.54, 1.807) is 43.3 Å². The molecule has 0 bridgehead atoms. The first-order chi connectivity index (χ1) is 13.8. The van der Waals surface area contributed by atoms with E-state index in [-0.39, 0.29) is 36.8 Å². The maximum atomic E-state index is 13.2. The van der Waals surface area contributed by atoms with Crippen LogP contribution < -0.4 is 10.1 Å². The van der Waals surface area contributed by atoms with Crippen LogP contribution in [0, 0.1) is 5.82 Å². The summed E-state index contributed by atoms with van der Waals surface area (Å²) in [5, 5.41) is 3.28. The van der Waals surface area contributed by atoms with Crippen molar-refractivity contribution in [2.75, 3.05) is 6.61 Å². The van der Waals surface area contributed by atoms with Crippen LogP contribution in [-0.4, -0.2) is 35.4 Å². The summed E-state index contributed by atoms with van der Waals surface area (Å²) in [6.45, 7) is 5.41. The summed E-state index contributed by atoms with van der Waals surface area (Å²) < 4.78 is 18.8. The fourth-order valence-electron chi connectivity index (χ4n) is 2.62. The van der Waals surface area contributed by atoms with Crippen molar-refractivity contribution >= 4 is 23.4 Å². The van der Waals surface area contributed by atoms with Gasteiger partial charge in [0.15, 0.2) is 6.61 Å². The Kier molecular flexibility index (Phi) is 8.46. The summed E-state index contributed by atoms with van der Waals surface area (Å²) in [7, 11) is 0. The second kappa shape index (κ2) is 10.8. The van der Waals surface area contributed by atoms with Gasteiger partial charge in [-0.1, -0.05) is 42.8 Å². The van der Waals surface area contributed by atoms with Crippen molar-refractivity contribution in [1.29, 1.82) is 0 Å². The van der Waals surface area contributed by atoms with Gasteiger partial charge < -0.3 is 15.0 Å². The lowest BCUT2D eigenvalue weighted by Gasteiger charge is -2.29. The molecule has 5 nitrogen and oxygen atoms in total. The molecule has 0 spiro atoms. The number of nitrogens with one attached hydrogen (secondary N) is 1. The van der Waals surface area contributed by atoms with E-state index in [1.807, 2.05) is 13.8 Å². The van der Waals surface area contributed by atoms with Gasteiger partial charge in [0.1, 0.15) is 17.6 Å². The van der Waals surface area contributed by atoms with Gasteiger partial charge in [-0.3, -0.25) is 9.59 Å². The van der Waals surface area contributed by atoms with Crippen molar-refractivity contribution < 1.29 is 18.7 Å². The Morgan fingerprint density at radius 2 is 1.79 bits per heavy atom. The first kappa shape index (κ1) is 22.7. The van der Waals surface area contributed by atoms with Gasteiger partial charge in [0.2, 0.25) is 5.91 Å². The Bertz CT molecular complexity index is 829. The zero-order chi connectivity index (χ0) is 21.4. The number of amides is 2. The van der Waals surface area contributed by atoms with Crippen molar-refractivity contribution in [1.82, 2.24) is 10.2 Å². The predicted molar refractivity (Wildman–Crippen MR) is 111 cm³/mol. The Morgan fingerprint density at radius 1 is 1.14 bits per heavy atom. The van der Waals surface area contributed by atoms with Gasteiger partial charge in [-0.05, 0) is 50.1 Å². The highest BCUT2D eigenvalue weighted by atomic mass is 35.5. The summed E-state index contributed by atoms with van der Waals surface area (Å²) in [5.74, 6) is -0.606. The van der Waals surface area contributed by atoms with E-state index in [9.17, 15) is 14.0 Å². The van der Waals surface area contributed by atoms with Crippen LogP contribution in [0.1, 0.15) is 32.8 Å². The van der Waals surface area contributed by atoms with E-state index in [2.05, 4.69) is 5.32 Å². The Morgan fingerprint density at radius 3 is 2.41 bits per heavy atom. The summed E-state index contributed by atoms with van der Waals surface area (Å²) in [6.07, 6.45) is 0.778. The van der Waals surface area contributed by atoms with Crippen LogP contribution in [0.5, 0.6) is 5.75 Å². The lowest BCUT2D eigenvalue weighted by Crippen LogP contribution is -2.50. The molecule has 2 aromatic rings. The highest BCUT2D eigenvalue weighted by Gasteiger charge is 2.27. The molecule has 0 saturated heterocycles. The van der Waals surface area contributed by atoms with Crippen LogP contribution in [0.15, 0.2) is 48.5 Å². The molecule has 0 unspecified atom stereocenters. The lowest BCUT2D eigenvalue weighted by atomic mass is 10.1. The molecule has 2 rings (SSSR count). The molecule has 7 heteroatoms. The summed E-state index contributed by atoms with van der Waals surface area (Å²) in [4.78, 5) is 26.9. The second-order valence-corrected chi connectivity index (χ2v) is 7.27. The molecule has 0 fully saturated rings. The Balaban J connectivity index is 2.15. The van der Waals surface area contributed by atoms with Crippen LogP contribution in [0.2, 0.25) is 5.02 Å². The summed E-state index contributed by atoms with van der Waals surface area (Å²) in [5.41, 5.74) is 0.709. The van der Waals surface area contributed by atoms with E-state index < -0.39 is 6.04 Å². The number of carbonyl (C=O) groups excluding carboxylic acids is 2. The third-order valence-corrected chi connectivity index (χ3v) is 4.93. The standard InChI is InChI=1S/C22H26ClFN2O3/c1-4-15(2)25-22(28)16(3)26(13-17-9-11-18(24)12-10-17)21(27)14-29-20-8-6-5-7-19(20)23/h5-12,15-16H,4,13-14H2,1-3H3,(H,25,28)/t15-,16+/m0/s1. The van der Waals surface area contributed by atoms with Crippen molar-refractivity contribution in [3.63, 3.8) is 0 Å². The molecule has 0 saturated carbocycles. The highest BCUT2D eigenvalue weighted by molar-refractivity contribution is 6.32. The maximum Gasteiger partial charge on any atom is 0.261 e. The van der Waals surface area contributed by atoms with Crippen molar-refractivity contribution in [3.05, 3.63) is 64.9 Å². The van der Waals surface area contributed by atoms with Crippen molar-refractivity contribution in [3.8, 4) is 5.75 Å². The summed E-state index contributed by atoms with van der Waals surface area (Å²) >= 11 is 6.07. The van der Waals surface area contributed by atoms with Crippen LogP contribution >= 0.6 is 11.6 Å². The number of hydrogen-bond acceptors (Lipinski definition) is 3. The molecule has 0 heterocycles. The zero-order valence-corrected chi connectivity index (χ0v) is 17.6. The highest BCUT2D eigenvalue weighted by Crippen LogP contribution is 2.23. The Labute approximate surface area is 175 Å². The molecule has 0 radical (unpaired) electrons. The van der Waals surface area contributed by atoms with Gasteiger partial charge in [-0.15, -0.1) is 0 Å². The third-order valence-electron chi connectivity index (χ3n) is 4.62. The molecule has 0 aliphatic rings. The molecule has 156 valence electrons. The topological polar surface area (TPSA) is 58.6 Å². The monoisotopic (exact) mass is 420 g/mol. The number of benzene rings is 2. The average molecular weight is 421 g/mol. The van der Waals surface area contributed by atoms with Crippen molar-refractivity contribution in [2.24, 2.45) is 0 Å². The molecule has 0 aliphatic heterocycles. The fraction of sp³-hybridized carbons (Fsp3) is 0.364. The first-order valence-electron chi connectivity index (χ1n) is 9.53. The minimum absolute atomic E-state index is 0.00732. The number of rotatable bonds is 9. The number of halogens is 2. The normalized spacial score (nSPS) is 12.7. The largest absolute Gasteiger partial charge is 0.482 e. The van der Waals surface area contributed by atoms with Crippen LogP contribution in [0.4, 0.5) is 4.39 Å². The number of ether oxygens (including phenoxy) is 1. The quantitative estimate of drug-likeness (QED) is 0.661. The molecule has 0 aromatic heterocycles. The minimum Gasteiger partial charge on any atom is -0.482 e. The van der Waals surface area contributed by atoms with Gasteiger partial charge in [-0.25, -0.2) is 4.39 Å². The lowest BCUT2D eigenvalue weighted by molar-refractivity contribution is -0.142. The number of para-hydroxylation sites is 1. The molecule has 29 heavy (non-hydrogen) atoms. The summed E-state index contributed by atoms with van der Waals surface area (Å²) in [6, 6.07) is 11.9. The predicted octanol–water partition coefficient (Wildman–Crippen LogP) is 4.19. The second-order valence-electron chi connectivity index (χ2n) is 6.86. The van der Waals surface area contributed by atoms with E-state index in [1.165, 1.54) is 17.0 Å². The molecular formula is C22H26ClFN2O3. The molecule has 2 aromatic carbocycles. The van der Waals surface area contributed by atoms with E-state index >= 15 is 0 Å². The SMILES string of the molecule is CC[C@H](C)NC(=O)[C@@H](C)N(Cc1ccc(F)cc1)C(=O)COc1ccccc1Cl. The van der Waals surface area contributed by atoms with Crippen LogP contribution in [0.25, 0.3) is 0 Å². The third kappa shape index (κ3) is 6.75. The van der Waals surface area contributed by atoms with E-state index in [4.69, 9.17) is 16.3 Å². The number of nitrogens with zero attached hydrogens (tertiary/aromatic N) is 1.